The van der Waals surface area contributed by atoms with Gasteiger partial charge >= 0.3 is 0 Å². The van der Waals surface area contributed by atoms with Crippen molar-refractivity contribution in [2.24, 2.45) is 10.7 Å². The van der Waals surface area contributed by atoms with Crippen molar-refractivity contribution in [3.63, 3.8) is 0 Å². The summed E-state index contributed by atoms with van der Waals surface area (Å²) in [6.45, 7) is 5.97. The molecule has 0 spiro atoms. The van der Waals surface area contributed by atoms with Crippen molar-refractivity contribution in [1.29, 1.82) is 0 Å². The third kappa shape index (κ3) is 5.77. The molecule has 0 saturated heterocycles. The Hall–Kier alpha value is -2.54. The summed E-state index contributed by atoms with van der Waals surface area (Å²) in [7, 11) is 3.75. The lowest BCUT2D eigenvalue weighted by Gasteiger charge is -2.24. The molecular weight excluding hydrogens is 328 g/mol. The molecule has 1 heterocycles. The van der Waals surface area contributed by atoms with Crippen molar-refractivity contribution < 1.29 is 4.79 Å². The molecule has 0 fully saturated rings. The van der Waals surface area contributed by atoms with E-state index >= 15 is 0 Å². The van der Waals surface area contributed by atoms with E-state index in [1.165, 1.54) is 16.7 Å². The highest BCUT2D eigenvalue weighted by Gasteiger charge is 2.17. The van der Waals surface area contributed by atoms with Crippen LogP contribution in [0.25, 0.3) is 0 Å². The fourth-order valence-corrected chi connectivity index (χ4v) is 2.81. The van der Waals surface area contributed by atoms with Gasteiger partial charge in [-0.1, -0.05) is 18.2 Å². The van der Waals surface area contributed by atoms with Crippen LogP contribution >= 0.6 is 0 Å². The number of benzene rings is 1. The molecule has 0 aromatic heterocycles. The second-order valence-corrected chi connectivity index (χ2v) is 6.83. The molecule has 1 aromatic carbocycles. The summed E-state index contributed by atoms with van der Waals surface area (Å²) in [5, 5.41) is 9.40. The summed E-state index contributed by atoms with van der Waals surface area (Å²) in [6.07, 6.45) is 2.86. The molecule has 1 atom stereocenters. The molecule has 142 valence electrons. The highest BCUT2D eigenvalue weighted by molar-refractivity contribution is 5.80. The molecule has 0 radical (unpaired) electrons. The van der Waals surface area contributed by atoms with Gasteiger partial charge in [0.1, 0.15) is 5.82 Å². The van der Waals surface area contributed by atoms with Gasteiger partial charge in [0.2, 0.25) is 5.91 Å². The highest BCUT2D eigenvalue weighted by atomic mass is 16.1. The lowest BCUT2D eigenvalue weighted by atomic mass is 9.97. The fraction of sp³-hybridized carbons (Fsp3) is 0.474. The van der Waals surface area contributed by atoms with Gasteiger partial charge in [-0.2, -0.15) is 4.99 Å². The van der Waals surface area contributed by atoms with Crippen molar-refractivity contribution in [3.8, 4) is 0 Å². The first kappa shape index (κ1) is 19.8. The van der Waals surface area contributed by atoms with E-state index in [1.807, 2.05) is 25.1 Å². The highest BCUT2D eigenvalue weighted by Crippen LogP contribution is 2.24. The summed E-state index contributed by atoms with van der Waals surface area (Å²) in [5.74, 6) is 1.19. The quantitative estimate of drug-likeness (QED) is 0.515. The normalized spacial score (nSPS) is 16.6. The number of carbonyl (C=O) groups excluding carboxylic acids is 1. The number of carbonyl (C=O) groups is 1. The first-order valence-electron chi connectivity index (χ1n) is 8.90. The maximum atomic E-state index is 11.6. The van der Waals surface area contributed by atoms with Crippen LogP contribution in [0.3, 0.4) is 0 Å². The number of nitrogens with zero attached hydrogens (tertiary/aromatic N) is 2. The van der Waals surface area contributed by atoms with Crippen LogP contribution in [0.4, 0.5) is 0 Å². The number of aliphatic imine (C=N–C) groups is 1. The van der Waals surface area contributed by atoms with E-state index in [9.17, 15) is 4.79 Å². The van der Waals surface area contributed by atoms with Crippen LogP contribution in [-0.4, -0.2) is 50.5 Å². The predicted molar refractivity (Wildman–Crippen MR) is 106 cm³/mol. The van der Waals surface area contributed by atoms with Gasteiger partial charge in [-0.25, -0.2) is 0 Å². The van der Waals surface area contributed by atoms with E-state index in [0.29, 0.717) is 25.6 Å². The number of nitrogens with one attached hydrogen (secondary N) is 3. The Morgan fingerprint density at radius 3 is 2.81 bits per heavy atom. The average Bonchev–Trinajstić information content (AvgIpc) is 2.56. The van der Waals surface area contributed by atoms with Crippen molar-refractivity contribution in [1.82, 2.24) is 20.9 Å². The first-order chi connectivity index (χ1) is 12.4. The molecule has 26 heavy (non-hydrogen) atoms. The second kappa shape index (κ2) is 9.24. The molecule has 1 unspecified atom stereocenters. The molecule has 0 aliphatic carbocycles. The molecule has 5 N–H and O–H groups in total. The van der Waals surface area contributed by atoms with Crippen LogP contribution in [0.1, 0.15) is 29.2 Å². The molecule has 1 aliphatic heterocycles. The van der Waals surface area contributed by atoms with E-state index in [-0.39, 0.29) is 11.9 Å². The number of nitrogens with two attached hydrogens (primary N) is 1. The van der Waals surface area contributed by atoms with Crippen molar-refractivity contribution in [2.45, 2.75) is 26.3 Å². The van der Waals surface area contributed by atoms with Crippen molar-refractivity contribution in [2.75, 3.05) is 33.7 Å². The third-order valence-electron chi connectivity index (χ3n) is 4.29. The number of hydrogen-bond donors (Lipinski definition) is 4. The van der Waals surface area contributed by atoms with Crippen molar-refractivity contribution >= 4 is 11.9 Å². The molecule has 2 rings (SSSR count). The molecule has 1 aliphatic rings. The van der Waals surface area contributed by atoms with E-state index < -0.39 is 0 Å². The monoisotopic (exact) mass is 358 g/mol. The molecular formula is C19H30N6O. The Kier molecular flexibility index (Phi) is 7.03. The maximum Gasteiger partial charge on any atom is 0.234 e. The van der Waals surface area contributed by atoms with Crippen LogP contribution in [0.5, 0.6) is 0 Å². The van der Waals surface area contributed by atoms with Gasteiger partial charge in [0.25, 0.3) is 0 Å². The number of likely N-dealkylation sites (N-methyl/N-ethyl adjacent to an activating group) is 1. The van der Waals surface area contributed by atoms with E-state index in [2.05, 4.69) is 53.0 Å². The fourth-order valence-electron chi connectivity index (χ4n) is 2.81. The van der Waals surface area contributed by atoms with E-state index in [1.54, 1.807) is 0 Å². The molecule has 7 nitrogen and oxygen atoms in total. The largest absolute Gasteiger partial charge is 0.370 e. The van der Waals surface area contributed by atoms with Crippen LogP contribution in [0.2, 0.25) is 0 Å². The lowest BCUT2D eigenvalue weighted by molar-refractivity contribution is -0.121. The number of aryl methyl sites for hydroxylation is 1. The summed E-state index contributed by atoms with van der Waals surface area (Å²) >= 11 is 0. The zero-order valence-corrected chi connectivity index (χ0v) is 16.1. The Labute approximate surface area is 155 Å². The van der Waals surface area contributed by atoms with Gasteiger partial charge in [-0.05, 0) is 57.1 Å². The molecule has 7 heteroatoms. The summed E-state index contributed by atoms with van der Waals surface area (Å²) in [4.78, 5) is 17.8. The number of rotatable bonds is 8. The van der Waals surface area contributed by atoms with Gasteiger partial charge < -0.3 is 26.6 Å². The molecule has 1 amide bonds. The van der Waals surface area contributed by atoms with Crippen molar-refractivity contribution in [3.05, 3.63) is 46.8 Å². The second-order valence-electron chi connectivity index (χ2n) is 6.83. The molecule has 0 bridgehead atoms. The van der Waals surface area contributed by atoms with Gasteiger partial charge in [0, 0.05) is 13.1 Å². The third-order valence-corrected chi connectivity index (χ3v) is 4.29. The Bertz CT molecular complexity index is 695. The van der Waals surface area contributed by atoms with Gasteiger partial charge in [0.15, 0.2) is 5.96 Å². The molecule has 1 aromatic rings. The Morgan fingerprint density at radius 1 is 1.31 bits per heavy atom. The van der Waals surface area contributed by atoms with Crippen LogP contribution in [0.15, 0.2) is 35.1 Å². The topological polar surface area (TPSA) is 94.8 Å². The number of amides is 1. The number of hydrogen-bond acceptors (Lipinski definition) is 6. The minimum absolute atomic E-state index is 0.00491. The Morgan fingerprint density at radius 2 is 2.08 bits per heavy atom. The van der Waals surface area contributed by atoms with Gasteiger partial charge in [0.05, 0.1) is 12.6 Å². The summed E-state index contributed by atoms with van der Waals surface area (Å²) in [6, 6.07) is 6.26. The summed E-state index contributed by atoms with van der Waals surface area (Å²) < 4.78 is 0. The van der Waals surface area contributed by atoms with E-state index in [4.69, 9.17) is 5.73 Å². The SMILES string of the molecule is Cc1cccc(C2C=C(NCCCNC(=O)CN(C)C)N=C(N)N2)c1C. The zero-order valence-electron chi connectivity index (χ0n) is 16.1. The number of guanidine groups is 1. The summed E-state index contributed by atoms with van der Waals surface area (Å²) in [5.41, 5.74) is 9.65. The van der Waals surface area contributed by atoms with E-state index in [0.717, 1.165) is 12.2 Å². The lowest BCUT2D eigenvalue weighted by Crippen LogP contribution is -2.39. The predicted octanol–water partition coefficient (Wildman–Crippen LogP) is 0.761. The van der Waals surface area contributed by atoms with Crippen LogP contribution in [0, 0.1) is 13.8 Å². The standard InChI is InChI=1S/C19H30N6O/c1-13-7-5-8-15(14(13)2)16-11-17(24-19(20)23-16)21-9-6-10-22-18(26)12-25(3)4/h5,7-8,11,16,21H,6,9-10,12H2,1-4H3,(H,22,26)(H3,20,23,24). The zero-order chi connectivity index (χ0) is 19.1. The smallest absolute Gasteiger partial charge is 0.234 e. The van der Waals surface area contributed by atoms with Crippen LogP contribution in [-0.2, 0) is 4.79 Å². The minimum atomic E-state index is -0.00491. The minimum Gasteiger partial charge on any atom is -0.370 e. The van der Waals surface area contributed by atoms with Crippen LogP contribution < -0.4 is 21.7 Å². The Balaban J connectivity index is 1.87. The maximum absolute atomic E-state index is 11.6. The van der Waals surface area contributed by atoms with Gasteiger partial charge in [-0.15, -0.1) is 0 Å². The average molecular weight is 358 g/mol. The molecule has 0 saturated carbocycles. The van der Waals surface area contributed by atoms with Gasteiger partial charge in [-0.3, -0.25) is 4.79 Å². The first-order valence-corrected chi connectivity index (χ1v) is 8.90.